The Labute approximate surface area is 153 Å². The maximum absolute atomic E-state index is 12.6. The highest BCUT2D eigenvalue weighted by molar-refractivity contribution is 6.77. The van der Waals surface area contributed by atoms with Crippen LogP contribution in [0.3, 0.4) is 0 Å². The van der Waals surface area contributed by atoms with Crippen LogP contribution in [0.5, 0.6) is 0 Å². The highest BCUT2D eigenvalue weighted by Gasteiger charge is 2.58. The highest BCUT2D eigenvalue weighted by atomic mass is 28.4. The summed E-state index contributed by atoms with van der Waals surface area (Å²) in [7, 11) is -2.08. The van der Waals surface area contributed by atoms with E-state index in [1.165, 1.54) is 6.08 Å². The Bertz CT molecular complexity index is 567. The van der Waals surface area contributed by atoms with E-state index in [0.717, 1.165) is 0 Å². The zero-order valence-electron chi connectivity index (χ0n) is 16.9. The van der Waals surface area contributed by atoms with Crippen LogP contribution in [0.4, 0.5) is 0 Å². The second-order valence-electron chi connectivity index (χ2n) is 8.99. The van der Waals surface area contributed by atoms with Gasteiger partial charge in [-0.25, -0.2) is 0 Å². The monoisotopic (exact) mass is 366 g/mol. The summed E-state index contributed by atoms with van der Waals surface area (Å²) in [5.41, 5.74) is -0.146. The molecule has 0 amide bonds. The molecule has 0 aromatic heterocycles. The molecular weight excluding hydrogens is 332 g/mol. The van der Waals surface area contributed by atoms with Gasteiger partial charge in [0.15, 0.2) is 11.4 Å². The van der Waals surface area contributed by atoms with Crippen LogP contribution in [0.15, 0.2) is 24.0 Å². The van der Waals surface area contributed by atoms with E-state index in [1.807, 2.05) is 13.8 Å². The molecule has 0 saturated carbocycles. The zero-order valence-corrected chi connectivity index (χ0v) is 17.9. The fourth-order valence-corrected chi connectivity index (χ4v) is 10.5. The average Bonchev–Trinajstić information content (AvgIpc) is 2.71. The van der Waals surface area contributed by atoms with Crippen LogP contribution in [0.2, 0.25) is 16.6 Å². The number of ketones is 1. The van der Waals surface area contributed by atoms with Crippen molar-refractivity contribution in [2.75, 3.05) is 0 Å². The van der Waals surface area contributed by atoms with Crippen LogP contribution in [0, 0.1) is 0 Å². The fourth-order valence-electron chi connectivity index (χ4n) is 4.80. The summed E-state index contributed by atoms with van der Waals surface area (Å²) in [6, 6.07) is 0. The first-order valence-corrected chi connectivity index (χ1v) is 11.5. The Morgan fingerprint density at radius 3 is 2.12 bits per heavy atom. The lowest BCUT2D eigenvalue weighted by molar-refractivity contribution is -0.140. The molecular formula is C20H34O4Si. The predicted octanol–water partition coefficient (Wildman–Crippen LogP) is 5.07. The van der Waals surface area contributed by atoms with E-state index >= 15 is 0 Å². The van der Waals surface area contributed by atoms with Crippen LogP contribution < -0.4 is 0 Å². The summed E-state index contributed by atoms with van der Waals surface area (Å²) in [4.78, 5) is 12.6. The fraction of sp³-hybridized carbons (Fsp3) is 0.750. The molecule has 25 heavy (non-hydrogen) atoms. The summed E-state index contributed by atoms with van der Waals surface area (Å²) >= 11 is 0. The third-order valence-corrected chi connectivity index (χ3v) is 12.1. The first-order valence-electron chi connectivity index (χ1n) is 9.39. The van der Waals surface area contributed by atoms with Gasteiger partial charge >= 0.3 is 0 Å². The normalized spacial score (nSPS) is 29.3. The summed E-state index contributed by atoms with van der Waals surface area (Å²) in [6.45, 7) is 17.6. The molecule has 1 heterocycles. The van der Waals surface area contributed by atoms with Crippen LogP contribution >= 0.6 is 0 Å². The second kappa shape index (κ2) is 6.67. The molecule has 0 radical (unpaired) electrons. The smallest absolute Gasteiger partial charge is 0.200 e. The zero-order chi connectivity index (χ0) is 19.2. The topological polar surface area (TPSA) is 55.8 Å². The number of ether oxygens (including phenoxy) is 1. The van der Waals surface area contributed by atoms with Crippen LogP contribution in [-0.4, -0.2) is 36.5 Å². The number of hydrogen-bond acceptors (Lipinski definition) is 4. The lowest BCUT2D eigenvalue weighted by Crippen LogP contribution is -2.53. The van der Waals surface area contributed by atoms with E-state index < -0.39 is 19.5 Å². The molecule has 142 valence electrons. The molecule has 1 aliphatic heterocycles. The van der Waals surface area contributed by atoms with Gasteiger partial charge in [0.2, 0.25) is 8.32 Å². The molecule has 1 fully saturated rings. The Hall–Kier alpha value is -0.913. The molecule has 0 unspecified atom stereocenters. The minimum Gasteiger partial charge on any atom is -0.508 e. The van der Waals surface area contributed by atoms with E-state index in [-0.39, 0.29) is 17.6 Å². The first kappa shape index (κ1) is 20.4. The summed E-state index contributed by atoms with van der Waals surface area (Å²) < 4.78 is 13.2. The van der Waals surface area contributed by atoms with Crippen molar-refractivity contribution in [1.29, 1.82) is 0 Å². The Kier molecular flexibility index (Phi) is 5.44. The number of allylic oxidation sites excluding steroid dienone is 1. The maximum Gasteiger partial charge on any atom is 0.200 e. The van der Waals surface area contributed by atoms with Gasteiger partial charge in [-0.05, 0) is 42.6 Å². The Balaban J connectivity index is 2.36. The van der Waals surface area contributed by atoms with Crippen molar-refractivity contribution in [2.24, 2.45) is 0 Å². The van der Waals surface area contributed by atoms with E-state index in [2.05, 4.69) is 41.5 Å². The van der Waals surface area contributed by atoms with Crippen LogP contribution in [0.25, 0.3) is 0 Å². The largest absolute Gasteiger partial charge is 0.508 e. The SMILES string of the molecule is CC(C)[Si](O[C@@H]1C[C@]2(C=CC(O)=CC2=O)OC1(C)C)(C(C)C)C(C)C. The summed E-state index contributed by atoms with van der Waals surface area (Å²) in [5.74, 6) is -0.214. The van der Waals surface area contributed by atoms with Gasteiger partial charge < -0.3 is 14.3 Å². The maximum atomic E-state index is 12.6. The minimum absolute atomic E-state index is 0.0170. The van der Waals surface area contributed by atoms with Crippen molar-refractivity contribution in [2.45, 2.75) is 95.7 Å². The third-order valence-electron chi connectivity index (χ3n) is 5.98. The summed E-state index contributed by atoms with van der Waals surface area (Å²) in [6.07, 6.45) is 4.86. The van der Waals surface area contributed by atoms with Gasteiger partial charge in [0.05, 0.1) is 11.7 Å². The number of carbonyl (C=O) groups is 1. The molecule has 5 heteroatoms. The van der Waals surface area contributed by atoms with Crippen molar-refractivity contribution in [3.63, 3.8) is 0 Å². The Morgan fingerprint density at radius 1 is 1.16 bits per heavy atom. The standard InChI is InChI=1S/C20H34O4Si/c1-13(2)25(14(3)4,15(5)6)23-18-12-20(24-19(18,7)8)10-9-16(21)11-17(20)22/h9-11,13-15,18,21H,12H2,1-8H3/t18-,20+/m1/s1. The molecule has 0 aromatic carbocycles. The van der Waals surface area contributed by atoms with Crippen molar-refractivity contribution >= 4 is 14.1 Å². The van der Waals surface area contributed by atoms with E-state index in [4.69, 9.17) is 9.16 Å². The lowest BCUT2D eigenvalue weighted by atomic mass is 9.88. The molecule has 4 nitrogen and oxygen atoms in total. The second-order valence-corrected chi connectivity index (χ2v) is 14.4. The van der Waals surface area contributed by atoms with Gasteiger partial charge in [-0.1, -0.05) is 41.5 Å². The molecule has 2 rings (SSSR count). The Morgan fingerprint density at radius 2 is 1.68 bits per heavy atom. The number of aliphatic hydroxyl groups is 1. The van der Waals surface area contributed by atoms with Gasteiger partial charge in [-0.3, -0.25) is 4.79 Å². The van der Waals surface area contributed by atoms with E-state index in [9.17, 15) is 9.90 Å². The predicted molar refractivity (Wildman–Crippen MR) is 103 cm³/mol. The van der Waals surface area contributed by atoms with Crippen LogP contribution in [0.1, 0.15) is 61.8 Å². The van der Waals surface area contributed by atoms with E-state index in [1.54, 1.807) is 12.2 Å². The average molecular weight is 367 g/mol. The molecule has 2 atom stereocenters. The number of aliphatic hydroxyl groups excluding tert-OH is 1. The third kappa shape index (κ3) is 3.38. The van der Waals surface area contributed by atoms with Crippen molar-refractivity contribution in [3.8, 4) is 0 Å². The summed E-state index contributed by atoms with van der Waals surface area (Å²) in [5, 5.41) is 9.60. The van der Waals surface area contributed by atoms with Crippen molar-refractivity contribution in [3.05, 3.63) is 24.0 Å². The molecule has 1 saturated heterocycles. The molecule has 1 spiro atoms. The molecule has 1 N–H and O–H groups in total. The van der Waals surface area contributed by atoms with Crippen molar-refractivity contribution < 1.29 is 19.1 Å². The highest BCUT2D eigenvalue weighted by Crippen LogP contribution is 2.49. The van der Waals surface area contributed by atoms with Gasteiger partial charge in [0.25, 0.3) is 0 Å². The molecule has 1 aliphatic carbocycles. The van der Waals surface area contributed by atoms with Crippen molar-refractivity contribution in [1.82, 2.24) is 0 Å². The number of carbonyl (C=O) groups excluding carboxylic acids is 1. The van der Waals surface area contributed by atoms with Gasteiger partial charge in [-0.2, -0.15) is 0 Å². The van der Waals surface area contributed by atoms with Gasteiger partial charge in [0.1, 0.15) is 5.76 Å². The molecule has 0 bridgehead atoms. The quantitative estimate of drug-likeness (QED) is 0.691. The first-order chi connectivity index (χ1) is 11.4. The molecule has 2 aliphatic rings. The number of hydrogen-bond donors (Lipinski definition) is 1. The van der Waals surface area contributed by atoms with Gasteiger partial charge in [0, 0.05) is 12.5 Å². The molecule has 0 aromatic rings. The minimum atomic E-state index is -2.08. The lowest BCUT2D eigenvalue weighted by Gasteiger charge is -2.45. The van der Waals surface area contributed by atoms with Gasteiger partial charge in [-0.15, -0.1) is 0 Å². The van der Waals surface area contributed by atoms with E-state index in [0.29, 0.717) is 23.0 Å². The number of rotatable bonds is 5. The van der Waals surface area contributed by atoms with Crippen LogP contribution in [-0.2, 0) is 14.0 Å².